The molecule has 1 aliphatic carbocycles. The largest absolute Gasteiger partial charge is 0.396 e. The molecule has 1 aromatic heterocycles. The second-order valence-electron chi connectivity index (χ2n) is 5.18. The first-order valence-corrected chi connectivity index (χ1v) is 7.29. The van der Waals surface area contributed by atoms with Gasteiger partial charge in [0.2, 0.25) is 0 Å². The highest BCUT2D eigenvalue weighted by atomic mass is 32.1. The molecule has 1 aliphatic rings. The average Bonchev–Trinajstić information content (AvgIpc) is 3.07. The molecule has 0 amide bonds. The summed E-state index contributed by atoms with van der Waals surface area (Å²) < 4.78 is 0. The van der Waals surface area contributed by atoms with E-state index in [0.717, 1.165) is 25.3 Å². The molecule has 1 heterocycles. The zero-order valence-corrected chi connectivity index (χ0v) is 11.5. The third-order valence-electron chi connectivity index (χ3n) is 3.63. The first kappa shape index (κ1) is 13.0. The summed E-state index contributed by atoms with van der Waals surface area (Å²) in [5.41, 5.74) is 0.0402. The maximum atomic E-state index is 9.07. The fraction of sp³-hybridized carbons (Fsp3) is 0.769. The Kier molecular flexibility index (Phi) is 4.17. The average molecular weight is 254 g/mol. The molecule has 0 saturated heterocycles. The van der Waals surface area contributed by atoms with Gasteiger partial charge in [-0.3, -0.25) is 0 Å². The molecule has 0 aliphatic heterocycles. The Bertz CT molecular complexity index is 362. The Morgan fingerprint density at radius 1 is 1.59 bits per heavy atom. The lowest BCUT2D eigenvalue weighted by atomic mass is 9.95. The molecule has 0 aromatic carbocycles. The normalized spacial score (nSPS) is 19.2. The molecule has 3 nitrogen and oxygen atoms in total. The van der Waals surface area contributed by atoms with Gasteiger partial charge in [-0.15, -0.1) is 11.3 Å². The first-order chi connectivity index (χ1) is 8.17. The molecule has 2 rings (SSSR count). The van der Waals surface area contributed by atoms with Crippen LogP contribution < -0.4 is 5.32 Å². The fourth-order valence-electron chi connectivity index (χ4n) is 1.86. The van der Waals surface area contributed by atoms with Gasteiger partial charge in [-0.1, -0.05) is 6.92 Å². The second-order valence-corrected chi connectivity index (χ2v) is 6.33. The van der Waals surface area contributed by atoms with Crippen LogP contribution in [0.2, 0.25) is 0 Å². The maximum absolute atomic E-state index is 9.07. The van der Waals surface area contributed by atoms with Crippen LogP contribution in [0.25, 0.3) is 0 Å². The van der Waals surface area contributed by atoms with E-state index in [-0.39, 0.29) is 12.1 Å². The number of nitrogens with one attached hydrogen (secondary N) is 1. The third-order valence-corrected chi connectivity index (χ3v) is 4.79. The molecule has 1 saturated carbocycles. The predicted molar refractivity (Wildman–Crippen MR) is 71.3 cm³/mol. The van der Waals surface area contributed by atoms with Crippen LogP contribution in [0.1, 0.15) is 55.3 Å². The lowest BCUT2D eigenvalue weighted by Crippen LogP contribution is -2.41. The Morgan fingerprint density at radius 3 is 2.94 bits per heavy atom. The highest BCUT2D eigenvalue weighted by Crippen LogP contribution is 2.41. The van der Waals surface area contributed by atoms with Crippen LogP contribution in [0, 0.1) is 0 Å². The summed E-state index contributed by atoms with van der Waals surface area (Å²) in [4.78, 5) is 5.79. The lowest BCUT2D eigenvalue weighted by molar-refractivity contribution is 0.215. The number of aliphatic hydroxyl groups excluding tert-OH is 1. The van der Waals surface area contributed by atoms with E-state index in [2.05, 4.69) is 24.1 Å². The maximum Gasteiger partial charge on any atom is 0.0959 e. The second kappa shape index (κ2) is 5.46. The number of rotatable bonds is 7. The lowest BCUT2D eigenvalue weighted by Gasteiger charge is -2.28. The summed E-state index contributed by atoms with van der Waals surface area (Å²) in [6.45, 7) is 5.44. The number of hydrogen-bond acceptors (Lipinski definition) is 4. The Hall–Kier alpha value is -0.450. The first-order valence-electron chi connectivity index (χ1n) is 6.47. The molecule has 0 bridgehead atoms. The van der Waals surface area contributed by atoms with Crippen LogP contribution in [0.4, 0.5) is 0 Å². The SMILES string of the molecule is CCC(C)(CCO)NCc1cnc(C2CC2)s1. The van der Waals surface area contributed by atoms with Crippen LogP contribution in [-0.4, -0.2) is 22.2 Å². The van der Waals surface area contributed by atoms with E-state index in [4.69, 9.17) is 5.11 Å². The molecule has 1 fully saturated rings. The van der Waals surface area contributed by atoms with Crippen molar-refractivity contribution in [2.45, 2.75) is 57.5 Å². The molecule has 4 heteroatoms. The molecule has 1 aromatic rings. The van der Waals surface area contributed by atoms with Crippen molar-refractivity contribution in [2.75, 3.05) is 6.61 Å². The Morgan fingerprint density at radius 2 is 2.35 bits per heavy atom. The van der Waals surface area contributed by atoms with E-state index >= 15 is 0 Å². The number of nitrogens with zero attached hydrogens (tertiary/aromatic N) is 1. The summed E-state index contributed by atoms with van der Waals surface area (Å²) in [5, 5.41) is 13.9. The van der Waals surface area contributed by atoms with Crippen LogP contribution >= 0.6 is 11.3 Å². The predicted octanol–water partition coefficient (Wildman–Crippen LogP) is 2.66. The minimum Gasteiger partial charge on any atom is -0.396 e. The quantitative estimate of drug-likeness (QED) is 0.786. The zero-order valence-electron chi connectivity index (χ0n) is 10.7. The van der Waals surface area contributed by atoms with Crippen molar-refractivity contribution in [1.29, 1.82) is 0 Å². The molecule has 1 unspecified atom stereocenters. The molecular formula is C13H22N2OS. The van der Waals surface area contributed by atoms with E-state index < -0.39 is 0 Å². The van der Waals surface area contributed by atoms with Gasteiger partial charge in [-0.05, 0) is 32.6 Å². The number of aromatic nitrogens is 1. The van der Waals surface area contributed by atoms with Gasteiger partial charge in [0.15, 0.2) is 0 Å². The topological polar surface area (TPSA) is 45.1 Å². The van der Waals surface area contributed by atoms with E-state index in [1.54, 1.807) is 0 Å². The number of hydrogen-bond donors (Lipinski definition) is 2. The zero-order chi connectivity index (χ0) is 12.3. The van der Waals surface area contributed by atoms with Crippen molar-refractivity contribution in [3.8, 4) is 0 Å². The fourth-order valence-corrected chi connectivity index (χ4v) is 2.89. The van der Waals surface area contributed by atoms with Crippen molar-refractivity contribution in [2.24, 2.45) is 0 Å². The van der Waals surface area contributed by atoms with Crippen LogP contribution in [0.3, 0.4) is 0 Å². The van der Waals surface area contributed by atoms with E-state index in [0.29, 0.717) is 0 Å². The Labute approximate surface area is 107 Å². The molecule has 0 spiro atoms. The van der Waals surface area contributed by atoms with Crippen LogP contribution in [0.15, 0.2) is 6.20 Å². The third kappa shape index (κ3) is 3.50. The molecule has 1 atom stereocenters. The highest BCUT2D eigenvalue weighted by Gasteiger charge is 2.27. The smallest absolute Gasteiger partial charge is 0.0959 e. The van der Waals surface area contributed by atoms with Gasteiger partial charge in [-0.25, -0.2) is 4.98 Å². The monoisotopic (exact) mass is 254 g/mol. The minimum atomic E-state index is 0.0402. The molecular weight excluding hydrogens is 232 g/mol. The standard InChI is InChI=1S/C13H22N2OS/c1-3-13(2,6-7-16)15-9-11-8-14-12(17-11)10-4-5-10/h8,10,15-16H,3-7,9H2,1-2H3. The van der Waals surface area contributed by atoms with Gasteiger partial charge in [-0.2, -0.15) is 0 Å². The minimum absolute atomic E-state index is 0.0402. The number of thiazole rings is 1. The van der Waals surface area contributed by atoms with Gasteiger partial charge in [0, 0.05) is 35.7 Å². The van der Waals surface area contributed by atoms with Crippen molar-refractivity contribution < 1.29 is 5.11 Å². The molecule has 17 heavy (non-hydrogen) atoms. The summed E-state index contributed by atoms with van der Waals surface area (Å²) in [5.74, 6) is 0.753. The van der Waals surface area contributed by atoms with Gasteiger partial charge >= 0.3 is 0 Å². The van der Waals surface area contributed by atoms with Crippen molar-refractivity contribution in [3.63, 3.8) is 0 Å². The summed E-state index contributed by atoms with van der Waals surface area (Å²) in [6.07, 6.45) is 6.47. The van der Waals surface area contributed by atoms with Crippen LogP contribution in [-0.2, 0) is 6.54 Å². The van der Waals surface area contributed by atoms with Gasteiger partial charge in [0.05, 0.1) is 5.01 Å². The summed E-state index contributed by atoms with van der Waals surface area (Å²) in [6, 6.07) is 0. The van der Waals surface area contributed by atoms with E-state index in [1.807, 2.05) is 17.5 Å². The molecule has 2 N–H and O–H groups in total. The van der Waals surface area contributed by atoms with Gasteiger partial charge in [0.1, 0.15) is 0 Å². The highest BCUT2D eigenvalue weighted by molar-refractivity contribution is 7.11. The molecule has 0 radical (unpaired) electrons. The van der Waals surface area contributed by atoms with E-state index in [9.17, 15) is 0 Å². The van der Waals surface area contributed by atoms with E-state index in [1.165, 1.54) is 22.7 Å². The van der Waals surface area contributed by atoms with Crippen LogP contribution in [0.5, 0.6) is 0 Å². The Balaban J connectivity index is 1.86. The van der Waals surface area contributed by atoms with Crippen molar-refractivity contribution in [1.82, 2.24) is 10.3 Å². The van der Waals surface area contributed by atoms with Crippen molar-refractivity contribution >= 4 is 11.3 Å². The summed E-state index contributed by atoms with van der Waals surface area (Å²) in [7, 11) is 0. The summed E-state index contributed by atoms with van der Waals surface area (Å²) >= 11 is 1.84. The van der Waals surface area contributed by atoms with Gasteiger partial charge in [0.25, 0.3) is 0 Å². The van der Waals surface area contributed by atoms with Gasteiger partial charge < -0.3 is 10.4 Å². The molecule has 96 valence electrons. The number of aliphatic hydroxyl groups is 1. The van der Waals surface area contributed by atoms with Crippen molar-refractivity contribution in [3.05, 3.63) is 16.1 Å².